The first-order valence-corrected chi connectivity index (χ1v) is 11.7. The Bertz CT molecular complexity index is 1200. The van der Waals surface area contributed by atoms with Gasteiger partial charge in [-0.15, -0.1) is 0 Å². The lowest BCUT2D eigenvalue weighted by Gasteiger charge is -2.42. The number of hydrogen-bond acceptors (Lipinski definition) is 3. The van der Waals surface area contributed by atoms with Gasteiger partial charge in [-0.3, -0.25) is 9.80 Å². The maximum Gasteiger partial charge on any atom is 0.401 e. The van der Waals surface area contributed by atoms with Crippen molar-refractivity contribution in [2.75, 3.05) is 26.2 Å². The van der Waals surface area contributed by atoms with Crippen LogP contribution in [-0.2, 0) is 6.54 Å². The number of H-pyrrole nitrogens is 1. The van der Waals surface area contributed by atoms with Crippen LogP contribution < -0.4 is 0 Å². The Morgan fingerprint density at radius 2 is 1.88 bits per heavy atom. The van der Waals surface area contributed by atoms with Gasteiger partial charge in [0, 0.05) is 49.3 Å². The number of piperazine rings is 1. The second-order valence-corrected chi connectivity index (χ2v) is 9.57. The van der Waals surface area contributed by atoms with Gasteiger partial charge in [0.25, 0.3) is 0 Å². The Balaban J connectivity index is 1.49. The zero-order chi connectivity index (χ0) is 24.0. The second-order valence-electron chi connectivity index (χ2n) is 9.57. The molecule has 1 aliphatic heterocycles. The highest BCUT2D eigenvalue weighted by Crippen LogP contribution is 2.45. The van der Waals surface area contributed by atoms with E-state index in [-0.39, 0.29) is 18.2 Å². The zero-order valence-corrected chi connectivity index (χ0v) is 19.0. The molecule has 1 aromatic heterocycles. The molecule has 0 amide bonds. The molecule has 0 bridgehead atoms. The number of carboxylic acids is 1. The van der Waals surface area contributed by atoms with Gasteiger partial charge in [-0.1, -0.05) is 18.2 Å². The van der Waals surface area contributed by atoms with Gasteiger partial charge in [0.15, 0.2) is 0 Å². The molecule has 1 saturated carbocycles. The van der Waals surface area contributed by atoms with Gasteiger partial charge in [0.1, 0.15) is 0 Å². The molecule has 0 spiro atoms. The molecular formula is C26H28F3N3O2. The molecule has 2 aliphatic rings. The number of rotatable bonds is 6. The predicted molar refractivity (Wildman–Crippen MR) is 124 cm³/mol. The Morgan fingerprint density at radius 1 is 1.15 bits per heavy atom. The van der Waals surface area contributed by atoms with Gasteiger partial charge in [-0.2, -0.15) is 13.2 Å². The molecule has 2 fully saturated rings. The number of fused-ring (bicyclic) bond motifs is 1. The number of aromatic amines is 1. The summed E-state index contributed by atoms with van der Waals surface area (Å²) in [6, 6.07) is 10.6. The average Bonchev–Trinajstić information content (AvgIpc) is 3.51. The lowest BCUT2D eigenvalue weighted by Crippen LogP contribution is -2.50. The average molecular weight is 472 g/mol. The van der Waals surface area contributed by atoms with E-state index in [2.05, 4.69) is 28.9 Å². The first-order valence-electron chi connectivity index (χ1n) is 11.7. The Labute approximate surface area is 196 Å². The number of benzene rings is 2. The summed E-state index contributed by atoms with van der Waals surface area (Å²) in [6.45, 7) is 2.90. The number of alkyl halides is 3. The van der Waals surface area contributed by atoms with Crippen LogP contribution in [0.15, 0.2) is 42.6 Å². The predicted octanol–water partition coefficient (Wildman–Crippen LogP) is 5.47. The lowest BCUT2D eigenvalue weighted by atomic mass is 9.94. The van der Waals surface area contributed by atoms with Gasteiger partial charge >= 0.3 is 12.1 Å². The number of aromatic nitrogens is 1. The van der Waals surface area contributed by atoms with Crippen molar-refractivity contribution in [1.82, 2.24) is 14.8 Å². The summed E-state index contributed by atoms with van der Waals surface area (Å²) in [5.74, 6) is -0.470. The molecule has 5 nitrogen and oxygen atoms in total. The van der Waals surface area contributed by atoms with Crippen molar-refractivity contribution < 1.29 is 23.1 Å². The standard InChI is InChI=1S/C26H28F3N3O2/c1-16-12-21(17-2-3-17)22(20-8-9-30-24(16)20)13-32-11-10-31(15-26(27,28)29)14-23(32)18-4-6-19(7-5-18)25(33)34/h4-9,12,17,23,30H,2-3,10-11,13-15H2,1H3,(H,33,34). The third-order valence-corrected chi connectivity index (χ3v) is 7.09. The topological polar surface area (TPSA) is 59.6 Å². The van der Waals surface area contributed by atoms with Crippen molar-refractivity contribution in [3.8, 4) is 0 Å². The van der Waals surface area contributed by atoms with E-state index in [1.807, 2.05) is 6.20 Å². The van der Waals surface area contributed by atoms with Crippen LogP contribution in [0.2, 0.25) is 0 Å². The molecule has 34 heavy (non-hydrogen) atoms. The van der Waals surface area contributed by atoms with Crippen LogP contribution in [0, 0.1) is 6.92 Å². The van der Waals surface area contributed by atoms with Crippen LogP contribution in [0.5, 0.6) is 0 Å². The minimum absolute atomic E-state index is 0.168. The van der Waals surface area contributed by atoms with Crippen LogP contribution in [0.3, 0.4) is 0 Å². The van der Waals surface area contributed by atoms with Gasteiger partial charge in [0.2, 0.25) is 0 Å². The fraction of sp³-hybridized carbons (Fsp3) is 0.423. The summed E-state index contributed by atoms with van der Waals surface area (Å²) in [5.41, 5.74) is 5.92. The molecule has 0 radical (unpaired) electrons. The molecule has 5 rings (SSSR count). The molecule has 180 valence electrons. The number of carbonyl (C=O) groups is 1. The minimum atomic E-state index is -4.26. The molecular weight excluding hydrogens is 443 g/mol. The van der Waals surface area contributed by atoms with Crippen molar-refractivity contribution in [2.45, 2.75) is 44.4 Å². The third-order valence-electron chi connectivity index (χ3n) is 7.09. The molecule has 1 aliphatic carbocycles. The number of nitrogens with zero attached hydrogens (tertiary/aromatic N) is 2. The fourth-order valence-electron chi connectivity index (χ4n) is 5.26. The summed E-state index contributed by atoms with van der Waals surface area (Å²) in [4.78, 5) is 18.3. The number of aromatic carboxylic acids is 1. The van der Waals surface area contributed by atoms with E-state index in [1.165, 1.54) is 52.0 Å². The molecule has 2 aromatic carbocycles. The quantitative estimate of drug-likeness (QED) is 0.500. The number of carboxylic acid groups (broad SMARTS) is 1. The van der Waals surface area contributed by atoms with Gasteiger partial charge < -0.3 is 10.1 Å². The van der Waals surface area contributed by atoms with Crippen LogP contribution in [0.4, 0.5) is 13.2 Å². The molecule has 2 N–H and O–H groups in total. The largest absolute Gasteiger partial charge is 0.478 e. The number of hydrogen-bond donors (Lipinski definition) is 2. The van der Waals surface area contributed by atoms with E-state index in [0.717, 1.165) is 11.1 Å². The first-order chi connectivity index (χ1) is 16.2. The summed E-state index contributed by atoms with van der Waals surface area (Å²) in [7, 11) is 0. The van der Waals surface area contributed by atoms with E-state index in [4.69, 9.17) is 0 Å². The Hall–Kier alpha value is -2.84. The van der Waals surface area contributed by atoms with E-state index in [9.17, 15) is 23.1 Å². The number of nitrogens with one attached hydrogen (secondary N) is 1. The van der Waals surface area contributed by atoms with E-state index in [0.29, 0.717) is 25.6 Å². The highest BCUT2D eigenvalue weighted by atomic mass is 19.4. The lowest BCUT2D eigenvalue weighted by molar-refractivity contribution is -0.152. The first kappa shape index (κ1) is 22.9. The van der Waals surface area contributed by atoms with Crippen molar-refractivity contribution in [3.05, 3.63) is 70.4 Å². The van der Waals surface area contributed by atoms with Crippen LogP contribution in [0.25, 0.3) is 10.9 Å². The van der Waals surface area contributed by atoms with E-state index < -0.39 is 18.7 Å². The summed E-state index contributed by atoms with van der Waals surface area (Å²) >= 11 is 0. The van der Waals surface area contributed by atoms with Crippen LogP contribution in [-0.4, -0.2) is 58.2 Å². The van der Waals surface area contributed by atoms with E-state index in [1.54, 1.807) is 12.1 Å². The van der Waals surface area contributed by atoms with Crippen molar-refractivity contribution >= 4 is 16.9 Å². The summed E-state index contributed by atoms with van der Waals surface area (Å²) < 4.78 is 39.5. The normalized spacial score (nSPS) is 20.2. The Kier molecular flexibility index (Phi) is 5.90. The maximum atomic E-state index is 13.2. The maximum absolute atomic E-state index is 13.2. The van der Waals surface area contributed by atoms with Crippen LogP contribution in [0.1, 0.15) is 57.4 Å². The molecule has 1 unspecified atom stereocenters. The SMILES string of the molecule is Cc1cc(C2CC2)c(CN2CCN(CC(F)(F)F)CC2c2ccc(C(=O)O)cc2)c2cc[nH]c12. The monoisotopic (exact) mass is 471 g/mol. The molecule has 1 saturated heterocycles. The van der Waals surface area contributed by atoms with Crippen molar-refractivity contribution in [1.29, 1.82) is 0 Å². The fourth-order valence-corrected chi connectivity index (χ4v) is 5.26. The molecule has 3 aromatic rings. The summed E-state index contributed by atoms with van der Waals surface area (Å²) in [5, 5.41) is 10.4. The van der Waals surface area contributed by atoms with Gasteiger partial charge in [-0.05, 0) is 66.1 Å². The van der Waals surface area contributed by atoms with Crippen molar-refractivity contribution in [2.24, 2.45) is 0 Å². The third kappa shape index (κ3) is 4.70. The van der Waals surface area contributed by atoms with Gasteiger partial charge in [-0.25, -0.2) is 4.79 Å². The second kappa shape index (κ2) is 8.74. The molecule has 8 heteroatoms. The minimum Gasteiger partial charge on any atom is -0.478 e. The Morgan fingerprint density at radius 3 is 2.53 bits per heavy atom. The smallest absolute Gasteiger partial charge is 0.401 e. The molecule has 1 atom stereocenters. The molecule has 2 heterocycles. The number of halogens is 3. The zero-order valence-electron chi connectivity index (χ0n) is 19.0. The summed E-state index contributed by atoms with van der Waals surface area (Å²) in [6.07, 6.45) is 0.0259. The van der Waals surface area contributed by atoms with Gasteiger partial charge in [0.05, 0.1) is 12.1 Å². The number of aryl methyl sites for hydroxylation is 1. The van der Waals surface area contributed by atoms with E-state index >= 15 is 0 Å². The highest BCUT2D eigenvalue weighted by Gasteiger charge is 2.37. The van der Waals surface area contributed by atoms with Crippen LogP contribution >= 0.6 is 0 Å². The van der Waals surface area contributed by atoms with Crippen molar-refractivity contribution in [3.63, 3.8) is 0 Å². The highest BCUT2D eigenvalue weighted by molar-refractivity contribution is 5.88.